The fourth-order valence-electron chi connectivity index (χ4n) is 0.747. The summed E-state index contributed by atoms with van der Waals surface area (Å²) in [7, 11) is 0. The molecule has 2 nitrogen and oxygen atoms in total. The molecule has 0 amide bonds. The number of thioether (sulfide) groups is 1. The molecule has 0 aliphatic rings. The molecule has 0 bridgehead atoms. The molecular formula is C8H9BF3N2S-. The Kier molecular flexibility index (Phi) is 3.79. The highest BCUT2D eigenvalue weighted by Crippen LogP contribution is 2.24. The van der Waals surface area contributed by atoms with Crippen molar-refractivity contribution in [2.75, 3.05) is 5.75 Å². The van der Waals surface area contributed by atoms with Gasteiger partial charge in [-0.3, -0.25) is 0 Å². The van der Waals surface area contributed by atoms with Gasteiger partial charge >= 0.3 is 6.98 Å². The predicted octanol–water partition coefficient (Wildman–Crippen LogP) is 2.82. The van der Waals surface area contributed by atoms with Crippen molar-refractivity contribution >= 4 is 18.7 Å². The van der Waals surface area contributed by atoms with E-state index in [-0.39, 0.29) is 5.75 Å². The molecule has 0 saturated carbocycles. The standard InChI is InChI=1S/C8H9BF3N2S/c1-6(9(10,11)12)5-15-8-13-4-3-7(2)14-8/h3-4H,1,5H2,2H3/q-1. The van der Waals surface area contributed by atoms with Gasteiger partial charge in [0, 0.05) is 11.9 Å². The van der Waals surface area contributed by atoms with Crippen molar-refractivity contribution in [2.24, 2.45) is 0 Å². The van der Waals surface area contributed by atoms with Crippen LogP contribution in [-0.4, -0.2) is 22.7 Å². The van der Waals surface area contributed by atoms with Crippen LogP contribution < -0.4 is 0 Å². The number of aromatic nitrogens is 2. The summed E-state index contributed by atoms with van der Waals surface area (Å²) in [4.78, 5) is 7.82. The van der Waals surface area contributed by atoms with E-state index in [1.165, 1.54) is 6.20 Å². The zero-order chi connectivity index (χ0) is 11.5. The van der Waals surface area contributed by atoms with Gasteiger partial charge in [0.05, 0.1) is 0 Å². The van der Waals surface area contributed by atoms with Crippen molar-refractivity contribution in [1.82, 2.24) is 9.97 Å². The maximum atomic E-state index is 12.1. The van der Waals surface area contributed by atoms with Gasteiger partial charge in [-0.2, -0.15) is 0 Å². The van der Waals surface area contributed by atoms with E-state index in [1.54, 1.807) is 13.0 Å². The predicted molar refractivity (Wildman–Crippen MR) is 55.7 cm³/mol. The Morgan fingerprint density at radius 3 is 2.73 bits per heavy atom. The van der Waals surface area contributed by atoms with Crippen LogP contribution in [0.5, 0.6) is 0 Å². The third kappa shape index (κ3) is 3.95. The first-order chi connectivity index (χ1) is 6.89. The Morgan fingerprint density at radius 2 is 2.20 bits per heavy atom. The highest BCUT2D eigenvalue weighted by atomic mass is 32.2. The molecule has 0 N–H and O–H groups in total. The van der Waals surface area contributed by atoms with Gasteiger partial charge in [-0.25, -0.2) is 9.97 Å². The Balaban J connectivity index is 2.55. The molecule has 0 atom stereocenters. The molecule has 0 saturated heterocycles. The second-order valence-corrected chi connectivity index (χ2v) is 3.94. The number of hydrogen-bond acceptors (Lipinski definition) is 3. The van der Waals surface area contributed by atoms with E-state index >= 15 is 0 Å². The topological polar surface area (TPSA) is 25.8 Å². The number of hydrogen-bond donors (Lipinski definition) is 0. The van der Waals surface area contributed by atoms with Crippen LogP contribution in [0.2, 0.25) is 0 Å². The van der Waals surface area contributed by atoms with E-state index in [2.05, 4.69) is 16.5 Å². The van der Waals surface area contributed by atoms with E-state index in [0.29, 0.717) is 5.16 Å². The van der Waals surface area contributed by atoms with Gasteiger partial charge in [-0.05, 0) is 18.7 Å². The maximum absolute atomic E-state index is 12.1. The number of aryl methyl sites for hydroxylation is 1. The molecule has 0 aliphatic carbocycles. The number of nitrogens with zero attached hydrogens (tertiary/aromatic N) is 2. The average molecular weight is 233 g/mol. The summed E-state index contributed by atoms with van der Waals surface area (Å²) >= 11 is 0.943. The first-order valence-corrected chi connectivity index (χ1v) is 5.18. The molecule has 0 spiro atoms. The van der Waals surface area contributed by atoms with Gasteiger partial charge in [0.25, 0.3) is 0 Å². The molecule has 0 aromatic carbocycles. The molecule has 82 valence electrons. The van der Waals surface area contributed by atoms with Crippen molar-refractivity contribution in [1.29, 1.82) is 0 Å². The van der Waals surface area contributed by atoms with Crippen LogP contribution in [0.1, 0.15) is 5.69 Å². The van der Waals surface area contributed by atoms with Crippen LogP contribution in [0.15, 0.2) is 29.5 Å². The summed E-state index contributed by atoms with van der Waals surface area (Å²) in [6.07, 6.45) is 1.52. The van der Waals surface area contributed by atoms with E-state index in [4.69, 9.17) is 0 Å². The Labute approximate surface area is 90.1 Å². The van der Waals surface area contributed by atoms with Gasteiger partial charge in [0.15, 0.2) is 5.16 Å². The molecule has 0 aliphatic heterocycles. The summed E-state index contributed by atoms with van der Waals surface area (Å²) in [6.45, 7) is -0.202. The van der Waals surface area contributed by atoms with Crippen molar-refractivity contribution < 1.29 is 12.9 Å². The second kappa shape index (κ2) is 4.70. The third-order valence-electron chi connectivity index (χ3n) is 1.62. The molecule has 1 aromatic heterocycles. The second-order valence-electron chi connectivity index (χ2n) is 3.00. The van der Waals surface area contributed by atoms with E-state index in [0.717, 1.165) is 17.5 Å². The molecule has 1 aromatic rings. The molecule has 0 unspecified atom stereocenters. The quantitative estimate of drug-likeness (QED) is 0.454. The van der Waals surface area contributed by atoms with E-state index in [1.807, 2.05) is 0 Å². The molecule has 7 heteroatoms. The fraction of sp³-hybridized carbons (Fsp3) is 0.250. The van der Waals surface area contributed by atoms with Crippen LogP contribution in [-0.2, 0) is 0 Å². The molecular weight excluding hydrogens is 224 g/mol. The first kappa shape index (κ1) is 12.1. The summed E-state index contributed by atoms with van der Waals surface area (Å²) < 4.78 is 36.4. The van der Waals surface area contributed by atoms with Crippen LogP contribution >= 0.6 is 11.8 Å². The zero-order valence-corrected chi connectivity index (χ0v) is 8.90. The van der Waals surface area contributed by atoms with Crippen LogP contribution in [0.25, 0.3) is 0 Å². The maximum Gasteiger partial charge on any atom is 0.505 e. The molecule has 15 heavy (non-hydrogen) atoms. The normalized spacial score (nSPS) is 11.5. The monoisotopic (exact) mass is 233 g/mol. The minimum Gasteiger partial charge on any atom is -0.445 e. The van der Waals surface area contributed by atoms with Gasteiger partial charge in [-0.1, -0.05) is 11.8 Å². The van der Waals surface area contributed by atoms with Crippen molar-refractivity contribution in [3.63, 3.8) is 0 Å². The van der Waals surface area contributed by atoms with E-state index < -0.39 is 12.4 Å². The van der Waals surface area contributed by atoms with Crippen molar-refractivity contribution in [3.05, 3.63) is 30.0 Å². The molecule has 0 fully saturated rings. The van der Waals surface area contributed by atoms with E-state index in [9.17, 15) is 12.9 Å². The summed E-state index contributed by atoms with van der Waals surface area (Å²) in [5.41, 5.74) is 0.0146. The summed E-state index contributed by atoms with van der Waals surface area (Å²) in [5, 5.41) is 0.344. The number of rotatable bonds is 4. The lowest BCUT2D eigenvalue weighted by molar-refractivity contribution is 0.491. The van der Waals surface area contributed by atoms with Gasteiger partial charge in [0.2, 0.25) is 0 Å². The highest BCUT2D eigenvalue weighted by molar-refractivity contribution is 7.99. The van der Waals surface area contributed by atoms with Gasteiger partial charge < -0.3 is 12.9 Å². The lowest BCUT2D eigenvalue weighted by Gasteiger charge is -2.16. The van der Waals surface area contributed by atoms with Crippen LogP contribution in [0.4, 0.5) is 12.9 Å². The molecule has 0 radical (unpaired) electrons. The highest BCUT2D eigenvalue weighted by Gasteiger charge is 2.26. The van der Waals surface area contributed by atoms with Crippen molar-refractivity contribution in [2.45, 2.75) is 12.1 Å². The molecule has 1 heterocycles. The summed E-state index contributed by atoms with van der Waals surface area (Å²) in [6, 6.07) is 1.69. The fourth-order valence-corrected chi connectivity index (χ4v) is 1.59. The average Bonchev–Trinajstić information content (AvgIpc) is 2.12. The largest absolute Gasteiger partial charge is 0.505 e. The smallest absolute Gasteiger partial charge is 0.445 e. The lowest BCUT2D eigenvalue weighted by atomic mass is 9.82. The third-order valence-corrected chi connectivity index (χ3v) is 2.59. The lowest BCUT2D eigenvalue weighted by Crippen LogP contribution is -2.20. The van der Waals surface area contributed by atoms with Crippen LogP contribution in [0.3, 0.4) is 0 Å². The first-order valence-electron chi connectivity index (χ1n) is 4.19. The van der Waals surface area contributed by atoms with Gasteiger partial charge in [-0.15, -0.1) is 12.1 Å². The van der Waals surface area contributed by atoms with Crippen LogP contribution in [0, 0.1) is 6.92 Å². The minimum absolute atomic E-state index is 0.215. The Bertz CT molecular complexity index is 367. The number of halogens is 3. The Hall–Kier alpha value is -0.975. The zero-order valence-electron chi connectivity index (χ0n) is 8.08. The molecule has 1 rings (SSSR count). The Morgan fingerprint density at radius 1 is 1.53 bits per heavy atom. The summed E-state index contributed by atoms with van der Waals surface area (Å²) in [5.74, 6) is -0.215. The van der Waals surface area contributed by atoms with Gasteiger partial charge in [0.1, 0.15) is 0 Å². The van der Waals surface area contributed by atoms with Crippen molar-refractivity contribution in [3.8, 4) is 0 Å². The SMILES string of the molecule is C=C(CSc1nccc(C)n1)[B-](F)(F)F. The minimum atomic E-state index is -4.95.